The molecule has 154 valence electrons. The lowest BCUT2D eigenvalue weighted by atomic mass is 10.1. The molecule has 2 heterocycles. The van der Waals surface area contributed by atoms with E-state index in [1.54, 1.807) is 37.7 Å². The predicted octanol–water partition coefficient (Wildman–Crippen LogP) is 2.86. The van der Waals surface area contributed by atoms with Crippen LogP contribution in [0.1, 0.15) is 11.1 Å². The SMILES string of the molecule is COc1ccc(-c2nn3ccn(Cc4ccc(OC)c(F)c4)c(=O)c3c2CO)cc1. The molecular formula is C22H20FN3O4. The summed E-state index contributed by atoms with van der Waals surface area (Å²) in [6.45, 7) is -0.175. The van der Waals surface area contributed by atoms with Crippen molar-refractivity contribution in [1.29, 1.82) is 0 Å². The van der Waals surface area contributed by atoms with E-state index in [1.165, 1.54) is 28.3 Å². The van der Waals surface area contributed by atoms with Crippen molar-refractivity contribution in [3.05, 3.63) is 82.2 Å². The van der Waals surface area contributed by atoms with Gasteiger partial charge in [0.1, 0.15) is 11.3 Å². The fourth-order valence-corrected chi connectivity index (χ4v) is 3.41. The first kappa shape index (κ1) is 19.7. The number of methoxy groups -OCH3 is 2. The summed E-state index contributed by atoms with van der Waals surface area (Å²) in [5, 5.41) is 14.5. The second kappa shape index (κ2) is 8.00. The molecule has 2 aromatic carbocycles. The first-order valence-electron chi connectivity index (χ1n) is 9.24. The normalized spacial score (nSPS) is 11.1. The van der Waals surface area contributed by atoms with Gasteiger partial charge < -0.3 is 19.1 Å². The highest BCUT2D eigenvalue weighted by Gasteiger charge is 2.18. The summed E-state index contributed by atoms with van der Waals surface area (Å²) in [7, 11) is 2.98. The topological polar surface area (TPSA) is 78.0 Å². The highest BCUT2D eigenvalue weighted by atomic mass is 19.1. The lowest BCUT2D eigenvalue weighted by Gasteiger charge is -2.08. The Morgan fingerprint density at radius 2 is 1.83 bits per heavy atom. The van der Waals surface area contributed by atoms with Crippen LogP contribution < -0.4 is 15.0 Å². The predicted molar refractivity (Wildman–Crippen MR) is 109 cm³/mol. The Labute approximate surface area is 171 Å². The van der Waals surface area contributed by atoms with Crippen LogP contribution in [-0.2, 0) is 13.2 Å². The molecule has 0 bridgehead atoms. The number of rotatable bonds is 6. The molecule has 0 aliphatic carbocycles. The molecule has 8 heteroatoms. The maximum absolute atomic E-state index is 14.0. The average Bonchev–Trinajstić information content (AvgIpc) is 3.15. The molecule has 4 aromatic rings. The Hall–Kier alpha value is -3.65. The number of aliphatic hydroxyl groups is 1. The number of ether oxygens (including phenoxy) is 2. The van der Waals surface area contributed by atoms with Crippen LogP contribution in [0.5, 0.6) is 11.5 Å². The lowest BCUT2D eigenvalue weighted by Crippen LogP contribution is -2.22. The number of benzene rings is 2. The Bertz CT molecular complexity index is 1260. The Balaban J connectivity index is 1.78. The molecule has 0 aliphatic rings. The molecule has 0 spiro atoms. The molecule has 7 nitrogen and oxygen atoms in total. The summed E-state index contributed by atoms with van der Waals surface area (Å²) >= 11 is 0. The number of hydrogen-bond donors (Lipinski definition) is 1. The number of halogens is 1. The average molecular weight is 409 g/mol. The maximum atomic E-state index is 14.0. The van der Waals surface area contributed by atoms with Gasteiger partial charge in [0.15, 0.2) is 11.6 Å². The van der Waals surface area contributed by atoms with Gasteiger partial charge in [-0.15, -0.1) is 0 Å². The molecule has 30 heavy (non-hydrogen) atoms. The molecule has 4 rings (SSSR count). The molecule has 0 atom stereocenters. The lowest BCUT2D eigenvalue weighted by molar-refractivity contribution is 0.283. The van der Waals surface area contributed by atoms with Crippen molar-refractivity contribution in [2.24, 2.45) is 0 Å². The minimum absolute atomic E-state index is 0.143. The summed E-state index contributed by atoms with van der Waals surface area (Å²) in [6.07, 6.45) is 3.23. The number of fused-ring (bicyclic) bond motifs is 1. The van der Waals surface area contributed by atoms with Gasteiger partial charge in [-0.1, -0.05) is 6.07 Å². The smallest absolute Gasteiger partial charge is 0.277 e. The molecule has 0 fully saturated rings. The van der Waals surface area contributed by atoms with Gasteiger partial charge in [-0.3, -0.25) is 4.79 Å². The van der Waals surface area contributed by atoms with Gasteiger partial charge in [0.05, 0.1) is 33.1 Å². The third-order valence-electron chi connectivity index (χ3n) is 4.95. The fraction of sp³-hybridized carbons (Fsp3) is 0.182. The Kier molecular flexibility index (Phi) is 5.24. The number of nitrogens with zero attached hydrogens (tertiary/aromatic N) is 3. The maximum Gasteiger partial charge on any atom is 0.277 e. The largest absolute Gasteiger partial charge is 0.497 e. The molecule has 0 amide bonds. The zero-order valence-corrected chi connectivity index (χ0v) is 16.5. The van der Waals surface area contributed by atoms with E-state index < -0.39 is 5.82 Å². The van der Waals surface area contributed by atoms with Gasteiger partial charge in [-0.05, 0) is 42.0 Å². The number of aliphatic hydroxyl groups excluding tert-OH is 1. The van der Waals surface area contributed by atoms with Crippen molar-refractivity contribution in [3.63, 3.8) is 0 Å². The zero-order valence-electron chi connectivity index (χ0n) is 16.5. The van der Waals surface area contributed by atoms with Crippen LogP contribution in [0.3, 0.4) is 0 Å². The van der Waals surface area contributed by atoms with Crippen molar-refractivity contribution >= 4 is 5.52 Å². The molecule has 0 saturated carbocycles. The van der Waals surface area contributed by atoms with Crippen molar-refractivity contribution in [2.75, 3.05) is 14.2 Å². The minimum atomic E-state index is -0.494. The minimum Gasteiger partial charge on any atom is -0.497 e. The van der Waals surface area contributed by atoms with Crippen LogP contribution >= 0.6 is 0 Å². The van der Waals surface area contributed by atoms with Crippen molar-refractivity contribution in [3.8, 4) is 22.8 Å². The molecule has 2 aromatic heterocycles. The van der Waals surface area contributed by atoms with E-state index in [0.717, 1.165) is 5.56 Å². The Morgan fingerprint density at radius 3 is 2.47 bits per heavy atom. The van der Waals surface area contributed by atoms with Gasteiger partial charge in [-0.2, -0.15) is 5.10 Å². The molecule has 0 radical (unpaired) electrons. The highest BCUT2D eigenvalue weighted by molar-refractivity contribution is 5.72. The van der Waals surface area contributed by atoms with Crippen LogP contribution in [0.25, 0.3) is 16.8 Å². The summed E-state index contributed by atoms with van der Waals surface area (Å²) < 4.78 is 27.0. The van der Waals surface area contributed by atoms with Gasteiger partial charge in [0.2, 0.25) is 0 Å². The van der Waals surface area contributed by atoms with Crippen molar-refractivity contribution in [2.45, 2.75) is 13.2 Å². The van der Waals surface area contributed by atoms with Gasteiger partial charge in [-0.25, -0.2) is 8.91 Å². The van der Waals surface area contributed by atoms with E-state index in [0.29, 0.717) is 22.6 Å². The molecule has 0 aliphatic heterocycles. The van der Waals surface area contributed by atoms with E-state index in [2.05, 4.69) is 5.10 Å². The van der Waals surface area contributed by atoms with Gasteiger partial charge in [0.25, 0.3) is 5.56 Å². The summed E-state index contributed by atoms with van der Waals surface area (Å²) in [4.78, 5) is 13.1. The molecule has 0 unspecified atom stereocenters. The summed E-state index contributed by atoms with van der Waals surface area (Å²) in [5.74, 6) is 0.345. The molecule has 1 N–H and O–H groups in total. The van der Waals surface area contributed by atoms with E-state index in [1.807, 2.05) is 12.1 Å². The summed E-state index contributed by atoms with van der Waals surface area (Å²) in [6, 6.07) is 11.8. The number of hydrogen-bond acceptors (Lipinski definition) is 5. The van der Waals surface area contributed by atoms with Crippen LogP contribution in [0.4, 0.5) is 4.39 Å². The Morgan fingerprint density at radius 1 is 1.07 bits per heavy atom. The standard InChI is InChI=1S/C22H20FN3O4/c1-29-16-6-4-15(5-7-16)20-17(13-27)21-22(28)25(9-10-26(21)24-20)12-14-3-8-19(30-2)18(23)11-14/h3-11,27H,12-13H2,1-2H3. The monoisotopic (exact) mass is 409 g/mol. The highest BCUT2D eigenvalue weighted by Crippen LogP contribution is 2.26. The van der Waals surface area contributed by atoms with Crippen LogP contribution in [0, 0.1) is 5.82 Å². The summed E-state index contributed by atoms with van der Waals surface area (Å²) in [5.41, 5.74) is 2.27. The van der Waals surface area contributed by atoms with E-state index in [9.17, 15) is 14.3 Å². The fourth-order valence-electron chi connectivity index (χ4n) is 3.41. The third kappa shape index (κ3) is 3.42. The van der Waals surface area contributed by atoms with Crippen LogP contribution in [0.15, 0.2) is 59.7 Å². The van der Waals surface area contributed by atoms with Crippen LogP contribution in [-0.4, -0.2) is 33.5 Å². The zero-order chi connectivity index (χ0) is 21.3. The van der Waals surface area contributed by atoms with Crippen molar-refractivity contribution < 1.29 is 19.0 Å². The van der Waals surface area contributed by atoms with Crippen molar-refractivity contribution in [1.82, 2.24) is 14.2 Å². The third-order valence-corrected chi connectivity index (χ3v) is 4.95. The van der Waals surface area contributed by atoms with Gasteiger partial charge >= 0.3 is 0 Å². The van der Waals surface area contributed by atoms with E-state index >= 15 is 0 Å². The van der Waals surface area contributed by atoms with Crippen LogP contribution in [0.2, 0.25) is 0 Å². The first-order valence-corrected chi connectivity index (χ1v) is 9.24. The molecule has 0 saturated heterocycles. The van der Waals surface area contributed by atoms with Gasteiger partial charge in [0, 0.05) is 23.5 Å². The molecular weight excluding hydrogens is 389 g/mol. The second-order valence-electron chi connectivity index (χ2n) is 6.71. The van der Waals surface area contributed by atoms with E-state index in [4.69, 9.17) is 9.47 Å². The first-order chi connectivity index (χ1) is 14.5. The second-order valence-corrected chi connectivity index (χ2v) is 6.71. The van der Waals surface area contributed by atoms with E-state index in [-0.39, 0.29) is 30.0 Å². The quantitative estimate of drug-likeness (QED) is 0.530. The number of aromatic nitrogens is 3.